The zero-order valence-electron chi connectivity index (χ0n) is 15.2. The van der Waals surface area contributed by atoms with Gasteiger partial charge in [0.1, 0.15) is 11.9 Å². The van der Waals surface area contributed by atoms with Gasteiger partial charge in [-0.3, -0.25) is 14.9 Å². The molecule has 2 heterocycles. The summed E-state index contributed by atoms with van der Waals surface area (Å²) < 4.78 is 6.39. The van der Waals surface area contributed by atoms with Crippen molar-refractivity contribution in [1.29, 1.82) is 0 Å². The number of para-hydroxylation sites is 1. The Balaban J connectivity index is 1.71. The Bertz CT molecular complexity index is 830. The molecule has 1 unspecified atom stereocenters. The topological polar surface area (TPSA) is 38.2 Å². The largest absolute Gasteiger partial charge is 0.488 e. The van der Waals surface area contributed by atoms with Crippen molar-refractivity contribution >= 4 is 10.9 Å². The standard InChI is InChI=1S/C22H25N3O/c1-3-4-9-19(17-25(2)16-18-8-7-13-23-15-18)26-22-12-14-24-21-11-6-5-10-20(21)22/h3,5-8,10-15,19H,1,4,9,16-17H2,2H3. The first-order valence-electron chi connectivity index (χ1n) is 8.95. The third kappa shape index (κ3) is 4.90. The summed E-state index contributed by atoms with van der Waals surface area (Å²) >= 11 is 0. The number of hydrogen-bond donors (Lipinski definition) is 0. The van der Waals surface area contributed by atoms with E-state index in [0.29, 0.717) is 0 Å². The van der Waals surface area contributed by atoms with Crippen molar-refractivity contribution in [3.63, 3.8) is 0 Å². The maximum atomic E-state index is 6.39. The molecule has 4 heteroatoms. The highest BCUT2D eigenvalue weighted by atomic mass is 16.5. The molecule has 1 aromatic carbocycles. The second-order valence-electron chi connectivity index (χ2n) is 6.49. The second-order valence-corrected chi connectivity index (χ2v) is 6.49. The summed E-state index contributed by atoms with van der Waals surface area (Å²) in [5.41, 5.74) is 2.16. The Morgan fingerprint density at radius 3 is 2.85 bits per heavy atom. The number of allylic oxidation sites excluding steroid dienone is 1. The highest BCUT2D eigenvalue weighted by molar-refractivity contribution is 5.84. The van der Waals surface area contributed by atoms with Gasteiger partial charge in [-0.25, -0.2) is 0 Å². The molecule has 26 heavy (non-hydrogen) atoms. The van der Waals surface area contributed by atoms with Gasteiger partial charge in [-0.15, -0.1) is 6.58 Å². The van der Waals surface area contributed by atoms with Gasteiger partial charge in [0.25, 0.3) is 0 Å². The van der Waals surface area contributed by atoms with Crippen molar-refractivity contribution < 1.29 is 4.74 Å². The molecular formula is C22H25N3O. The molecule has 0 bridgehead atoms. The zero-order chi connectivity index (χ0) is 18.2. The molecule has 0 fully saturated rings. The highest BCUT2D eigenvalue weighted by Crippen LogP contribution is 2.25. The minimum atomic E-state index is 0.0838. The third-order valence-electron chi connectivity index (χ3n) is 4.29. The zero-order valence-corrected chi connectivity index (χ0v) is 15.2. The molecule has 4 nitrogen and oxygen atoms in total. The fraction of sp³-hybridized carbons (Fsp3) is 0.273. The van der Waals surface area contributed by atoms with Crippen molar-refractivity contribution in [2.45, 2.75) is 25.5 Å². The number of hydrogen-bond acceptors (Lipinski definition) is 4. The molecule has 3 aromatic rings. The SMILES string of the molecule is C=CCCC(CN(C)Cc1cccnc1)Oc1ccnc2ccccc12. The van der Waals surface area contributed by atoms with Gasteiger partial charge in [0.15, 0.2) is 0 Å². The summed E-state index contributed by atoms with van der Waals surface area (Å²) in [5.74, 6) is 0.888. The van der Waals surface area contributed by atoms with Crippen molar-refractivity contribution in [2.24, 2.45) is 0 Å². The van der Waals surface area contributed by atoms with Crippen LogP contribution in [-0.2, 0) is 6.54 Å². The van der Waals surface area contributed by atoms with Crippen LogP contribution in [0, 0.1) is 0 Å². The molecule has 0 saturated carbocycles. The first kappa shape index (κ1) is 18.1. The summed E-state index contributed by atoms with van der Waals surface area (Å²) in [6, 6.07) is 14.1. The van der Waals surface area contributed by atoms with E-state index >= 15 is 0 Å². The Kier molecular flexibility index (Phi) is 6.34. The smallest absolute Gasteiger partial charge is 0.130 e. The fourth-order valence-electron chi connectivity index (χ4n) is 3.06. The van der Waals surface area contributed by atoms with Gasteiger partial charge in [-0.05, 0) is 49.7 Å². The Morgan fingerprint density at radius 1 is 1.15 bits per heavy atom. The van der Waals surface area contributed by atoms with E-state index in [1.54, 1.807) is 6.20 Å². The average Bonchev–Trinajstić information content (AvgIpc) is 2.67. The quantitative estimate of drug-likeness (QED) is 0.535. The number of benzene rings is 1. The predicted molar refractivity (Wildman–Crippen MR) is 106 cm³/mol. The lowest BCUT2D eigenvalue weighted by molar-refractivity contribution is 0.138. The van der Waals surface area contributed by atoms with Crippen LogP contribution < -0.4 is 4.74 Å². The Labute approximate surface area is 155 Å². The van der Waals surface area contributed by atoms with Crippen molar-refractivity contribution in [1.82, 2.24) is 14.9 Å². The molecule has 0 aliphatic carbocycles. The van der Waals surface area contributed by atoms with Crippen LogP contribution in [0.15, 0.2) is 73.7 Å². The summed E-state index contributed by atoms with van der Waals surface area (Å²) in [6.07, 6.45) is 9.40. The van der Waals surface area contributed by atoms with E-state index in [4.69, 9.17) is 4.74 Å². The number of ether oxygens (including phenoxy) is 1. The number of nitrogens with zero attached hydrogens (tertiary/aromatic N) is 3. The molecular weight excluding hydrogens is 322 g/mol. The highest BCUT2D eigenvalue weighted by Gasteiger charge is 2.15. The Morgan fingerprint density at radius 2 is 2.04 bits per heavy atom. The molecule has 0 radical (unpaired) electrons. The van der Waals surface area contributed by atoms with Gasteiger partial charge in [-0.1, -0.05) is 24.3 Å². The van der Waals surface area contributed by atoms with Crippen LogP contribution >= 0.6 is 0 Å². The van der Waals surface area contributed by atoms with E-state index in [0.717, 1.165) is 42.6 Å². The first-order valence-corrected chi connectivity index (χ1v) is 8.95. The van der Waals surface area contributed by atoms with Gasteiger partial charge in [0.2, 0.25) is 0 Å². The molecule has 1 atom stereocenters. The number of aromatic nitrogens is 2. The van der Waals surface area contributed by atoms with Crippen molar-refractivity contribution in [3.05, 3.63) is 79.3 Å². The van der Waals surface area contributed by atoms with Gasteiger partial charge in [-0.2, -0.15) is 0 Å². The molecule has 0 amide bonds. The van der Waals surface area contributed by atoms with Gasteiger partial charge < -0.3 is 4.74 Å². The third-order valence-corrected chi connectivity index (χ3v) is 4.29. The molecule has 0 aliphatic rings. The number of pyridine rings is 2. The van der Waals surface area contributed by atoms with Crippen LogP contribution in [0.2, 0.25) is 0 Å². The van der Waals surface area contributed by atoms with Gasteiger partial charge >= 0.3 is 0 Å². The van der Waals surface area contributed by atoms with Crippen LogP contribution in [0.4, 0.5) is 0 Å². The number of fused-ring (bicyclic) bond motifs is 1. The summed E-state index contributed by atoms with van der Waals surface area (Å²) in [5, 5.41) is 1.05. The monoisotopic (exact) mass is 347 g/mol. The molecule has 0 aliphatic heterocycles. The van der Waals surface area contributed by atoms with Crippen LogP contribution in [-0.4, -0.2) is 34.6 Å². The fourth-order valence-corrected chi connectivity index (χ4v) is 3.06. The lowest BCUT2D eigenvalue weighted by Gasteiger charge is -2.25. The average molecular weight is 347 g/mol. The summed E-state index contributed by atoms with van der Waals surface area (Å²) in [4.78, 5) is 10.9. The molecule has 0 N–H and O–H groups in total. The lowest BCUT2D eigenvalue weighted by atomic mass is 10.1. The van der Waals surface area contributed by atoms with Crippen LogP contribution in [0.25, 0.3) is 10.9 Å². The van der Waals surface area contributed by atoms with E-state index in [1.165, 1.54) is 5.56 Å². The van der Waals surface area contributed by atoms with Crippen LogP contribution in [0.5, 0.6) is 5.75 Å². The van der Waals surface area contributed by atoms with E-state index in [-0.39, 0.29) is 6.10 Å². The number of likely N-dealkylation sites (N-methyl/N-ethyl adjacent to an activating group) is 1. The summed E-state index contributed by atoms with van der Waals surface area (Å²) in [6.45, 7) is 5.53. The van der Waals surface area contributed by atoms with Crippen molar-refractivity contribution in [3.8, 4) is 5.75 Å². The molecule has 0 saturated heterocycles. The maximum Gasteiger partial charge on any atom is 0.130 e. The van der Waals surface area contributed by atoms with Crippen LogP contribution in [0.3, 0.4) is 0 Å². The molecule has 2 aromatic heterocycles. The van der Waals surface area contributed by atoms with E-state index in [9.17, 15) is 0 Å². The van der Waals surface area contributed by atoms with E-state index in [2.05, 4.69) is 40.6 Å². The van der Waals surface area contributed by atoms with Gasteiger partial charge in [0.05, 0.1) is 5.52 Å². The van der Waals surface area contributed by atoms with Crippen LogP contribution in [0.1, 0.15) is 18.4 Å². The summed E-state index contributed by atoms with van der Waals surface area (Å²) in [7, 11) is 2.11. The molecule has 134 valence electrons. The lowest BCUT2D eigenvalue weighted by Crippen LogP contribution is -2.33. The maximum absolute atomic E-state index is 6.39. The normalized spacial score (nSPS) is 12.2. The first-order chi connectivity index (χ1) is 12.8. The minimum Gasteiger partial charge on any atom is -0.488 e. The Hall–Kier alpha value is -2.72. The van der Waals surface area contributed by atoms with Crippen molar-refractivity contribution in [2.75, 3.05) is 13.6 Å². The predicted octanol–water partition coefficient (Wildman–Crippen LogP) is 4.48. The molecule has 3 rings (SSSR count). The second kappa shape index (κ2) is 9.11. The van der Waals surface area contributed by atoms with Gasteiger partial charge in [0, 0.05) is 37.1 Å². The van der Waals surface area contributed by atoms with E-state index < -0.39 is 0 Å². The van der Waals surface area contributed by atoms with E-state index in [1.807, 2.05) is 48.8 Å². The number of rotatable bonds is 9. The molecule has 0 spiro atoms. The minimum absolute atomic E-state index is 0.0838.